The Bertz CT molecular complexity index is 2310. The van der Waals surface area contributed by atoms with Gasteiger partial charge in [0.2, 0.25) is 0 Å². The van der Waals surface area contributed by atoms with Crippen LogP contribution in [0, 0.1) is 35.5 Å². The number of ether oxygens (including phenoxy) is 1. The number of allylic oxidation sites excluding steroid dienone is 12. The van der Waals surface area contributed by atoms with E-state index in [1.54, 1.807) is 0 Å². The number of fused-ring (bicyclic) bond motifs is 4. The van der Waals surface area contributed by atoms with Crippen LogP contribution in [0.4, 0.5) is 0 Å². The lowest BCUT2D eigenvalue weighted by Gasteiger charge is -2.19. The van der Waals surface area contributed by atoms with E-state index in [9.17, 15) is 19.5 Å². The van der Waals surface area contributed by atoms with Crippen LogP contribution in [-0.2, 0) is 19.1 Å². The number of carboxylic acid groups (broad SMARTS) is 1. The van der Waals surface area contributed by atoms with Gasteiger partial charge in [-0.3, -0.25) is 19.4 Å². The molecule has 9 heteroatoms. The van der Waals surface area contributed by atoms with Crippen molar-refractivity contribution in [1.82, 2.24) is 0 Å². The van der Waals surface area contributed by atoms with E-state index in [0.717, 1.165) is 76.2 Å². The predicted octanol–water partition coefficient (Wildman–Crippen LogP) is 12.5. The van der Waals surface area contributed by atoms with Gasteiger partial charge in [-0.25, -0.2) is 15.0 Å². The van der Waals surface area contributed by atoms with Crippen molar-refractivity contribution in [3.8, 4) is 0 Å². The molecule has 1 aliphatic carbocycles. The number of rotatable bonds is 20. The number of ketones is 1. The van der Waals surface area contributed by atoms with Crippen LogP contribution < -0.4 is 0 Å². The molecule has 63 heavy (non-hydrogen) atoms. The Morgan fingerprint density at radius 2 is 1.44 bits per heavy atom. The zero-order valence-electron chi connectivity index (χ0n) is 39.6. The van der Waals surface area contributed by atoms with E-state index in [1.165, 1.54) is 50.5 Å². The molecule has 1 saturated carbocycles. The SMILES string of the molecule is C=CC1=C(C)C2=CC3=NC(=C4C5=NC(=CC6=NC(=CC1=N2)C(C)=C6CC)C(C)=C5C(=O)[C@@H]4C(=O)O)[C@@H](CCC(=O)OCC=C(C)CCC[C@H](C)CCC[C@H](C)CCCC(C)C)[C@@H]3C. The van der Waals surface area contributed by atoms with Crippen LogP contribution in [-0.4, -0.2) is 52.3 Å². The number of aliphatic carboxylic acids is 1. The summed E-state index contributed by atoms with van der Waals surface area (Å²) in [7, 11) is 0. The van der Waals surface area contributed by atoms with E-state index in [2.05, 4.69) is 55.0 Å². The number of esters is 1. The summed E-state index contributed by atoms with van der Waals surface area (Å²) in [5, 5.41) is 10.6. The second-order valence-electron chi connectivity index (χ2n) is 19.2. The smallest absolute Gasteiger partial charge is 0.319 e. The van der Waals surface area contributed by atoms with Gasteiger partial charge in [0.1, 0.15) is 12.5 Å². The van der Waals surface area contributed by atoms with Crippen molar-refractivity contribution in [1.29, 1.82) is 0 Å². The second kappa shape index (κ2) is 20.6. The molecule has 0 aromatic heterocycles. The summed E-state index contributed by atoms with van der Waals surface area (Å²) in [5.74, 6) is -1.82. The molecule has 1 N–H and O–H groups in total. The molecular weight excluding hydrogens is 785 g/mol. The van der Waals surface area contributed by atoms with E-state index >= 15 is 0 Å². The van der Waals surface area contributed by atoms with Crippen molar-refractivity contribution < 1.29 is 24.2 Å². The van der Waals surface area contributed by atoms with E-state index < -0.39 is 17.7 Å². The maximum atomic E-state index is 14.1. The van der Waals surface area contributed by atoms with Gasteiger partial charge in [-0.15, -0.1) is 0 Å². The van der Waals surface area contributed by atoms with Gasteiger partial charge in [0.05, 0.1) is 39.9 Å². The highest BCUT2D eigenvalue weighted by atomic mass is 16.5. The molecule has 0 saturated heterocycles. The predicted molar refractivity (Wildman–Crippen MR) is 257 cm³/mol. The lowest BCUT2D eigenvalue weighted by molar-refractivity contribution is -0.144. The normalized spacial score (nSPS) is 23.0. The van der Waals surface area contributed by atoms with Gasteiger partial charge in [0.15, 0.2) is 5.78 Å². The quantitative estimate of drug-likeness (QED) is 0.0740. The van der Waals surface area contributed by atoms with Gasteiger partial charge in [-0.1, -0.05) is 105 Å². The molecule has 6 rings (SSSR count). The molecule has 5 atom stereocenters. The van der Waals surface area contributed by atoms with Crippen LogP contribution >= 0.6 is 0 Å². The standard InChI is InChI=1S/C54H70N4O5/c1-12-38-34(8)41-27-43-36(10)40(23-24-47(59)63-26-25-33(7)22-16-21-32(6)20-15-19-31(5)18-14-17-30(3)4)51(57-43)49-50(54(61)62)53(60)48-37(11)44(58-52(48)49)29-46-39(13-2)35(9)42(56-46)28-45(38)55-41/h12,25,27-32,36,40,50H,1,13-24,26H2,2-11H3,(H,61,62)/t31-,32-,36+,40+,50-/m1/s1. The number of aliphatic imine (C=N–C) groups is 4. The fourth-order valence-corrected chi connectivity index (χ4v) is 9.97. The highest BCUT2D eigenvalue weighted by molar-refractivity contribution is 6.42. The molecule has 8 bridgehead atoms. The van der Waals surface area contributed by atoms with E-state index in [4.69, 9.17) is 24.7 Å². The third-order valence-electron chi connectivity index (χ3n) is 14.0. The topological polar surface area (TPSA) is 130 Å². The average molecular weight is 855 g/mol. The van der Waals surface area contributed by atoms with Crippen LogP contribution in [0.5, 0.6) is 0 Å². The Hall–Kier alpha value is -5.05. The second-order valence-corrected chi connectivity index (χ2v) is 19.2. The summed E-state index contributed by atoms with van der Waals surface area (Å²) in [5.41, 5.74) is 11.5. The molecule has 5 aliphatic heterocycles. The number of hydrogen-bond acceptors (Lipinski definition) is 8. The van der Waals surface area contributed by atoms with Crippen molar-refractivity contribution in [3.05, 3.63) is 104 Å². The van der Waals surface area contributed by atoms with Crippen LogP contribution in [0.1, 0.15) is 146 Å². The van der Waals surface area contributed by atoms with Gasteiger partial charge >= 0.3 is 11.9 Å². The Kier molecular flexibility index (Phi) is 15.5. The summed E-state index contributed by atoms with van der Waals surface area (Å²) in [6, 6.07) is 0. The largest absolute Gasteiger partial charge is 0.480 e. The molecule has 0 aromatic rings. The van der Waals surface area contributed by atoms with Crippen molar-refractivity contribution in [2.75, 3.05) is 6.61 Å². The van der Waals surface area contributed by atoms with Crippen LogP contribution in [0.15, 0.2) is 124 Å². The first kappa shape index (κ1) is 47.4. The Labute approximate surface area is 376 Å². The molecule has 1 fully saturated rings. The summed E-state index contributed by atoms with van der Waals surface area (Å²) in [6.45, 7) is 25.8. The first-order chi connectivity index (χ1) is 30.0. The van der Waals surface area contributed by atoms with Gasteiger partial charge < -0.3 is 9.84 Å². The number of carbonyl (C=O) groups excluding carboxylic acids is 2. The fourth-order valence-electron chi connectivity index (χ4n) is 9.97. The van der Waals surface area contributed by atoms with Crippen LogP contribution in [0.3, 0.4) is 0 Å². The van der Waals surface area contributed by atoms with Crippen molar-refractivity contribution >= 4 is 40.6 Å². The van der Waals surface area contributed by atoms with E-state index in [-0.39, 0.29) is 30.8 Å². The minimum Gasteiger partial charge on any atom is -0.480 e. The Morgan fingerprint density at radius 1 is 0.825 bits per heavy atom. The number of carbonyl (C=O) groups is 3. The third kappa shape index (κ3) is 10.5. The average Bonchev–Trinajstić information content (AvgIpc) is 3.97. The van der Waals surface area contributed by atoms with Gasteiger partial charge in [0, 0.05) is 40.7 Å². The lowest BCUT2D eigenvalue weighted by Crippen LogP contribution is -2.23. The summed E-state index contributed by atoms with van der Waals surface area (Å²) in [6.07, 6.45) is 22.1. The van der Waals surface area contributed by atoms with Gasteiger partial charge in [0.25, 0.3) is 0 Å². The van der Waals surface area contributed by atoms with Gasteiger partial charge in [-0.2, -0.15) is 0 Å². The number of Topliss-reactive ketones (excluding diaryl/α,β-unsaturated/α-hetero) is 1. The monoisotopic (exact) mass is 855 g/mol. The van der Waals surface area contributed by atoms with Crippen molar-refractivity contribution in [2.24, 2.45) is 55.5 Å². The molecule has 9 nitrogen and oxygen atoms in total. The van der Waals surface area contributed by atoms with E-state index in [1.807, 2.05) is 51.2 Å². The molecule has 5 heterocycles. The molecule has 6 aliphatic rings. The molecule has 0 amide bonds. The first-order valence-electron chi connectivity index (χ1n) is 23.6. The summed E-state index contributed by atoms with van der Waals surface area (Å²) in [4.78, 5) is 60.7. The first-order valence-corrected chi connectivity index (χ1v) is 23.6. The molecular formula is C54H70N4O5. The summed E-state index contributed by atoms with van der Waals surface area (Å²) >= 11 is 0. The van der Waals surface area contributed by atoms with Crippen molar-refractivity contribution in [2.45, 2.75) is 146 Å². The number of carboxylic acids is 1. The third-order valence-corrected chi connectivity index (χ3v) is 14.0. The molecule has 0 radical (unpaired) electrons. The zero-order valence-corrected chi connectivity index (χ0v) is 39.6. The highest BCUT2D eigenvalue weighted by Crippen LogP contribution is 2.47. The molecule has 0 spiro atoms. The van der Waals surface area contributed by atoms with Crippen molar-refractivity contribution in [3.63, 3.8) is 0 Å². The maximum Gasteiger partial charge on any atom is 0.319 e. The molecule has 336 valence electrons. The Balaban J connectivity index is 1.19. The lowest BCUT2D eigenvalue weighted by atomic mass is 9.83. The Morgan fingerprint density at radius 3 is 2.10 bits per heavy atom. The molecule has 0 unspecified atom stereocenters. The van der Waals surface area contributed by atoms with Crippen LogP contribution in [0.25, 0.3) is 0 Å². The minimum atomic E-state index is -1.46. The zero-order chi connectivity index (χ0) is 45.7. The number of hydrogen-bond donors (Lipinski definition) is 1. The highest BCUT2D eigenvalue weighted by Gasteiger charge is 2.51. The summed E-state index contributed by atoms with van der Waals surface area (Å²) < 4.78 is 5.74. The minimum absolute atomic E-state index is 0.109. The number of nitrogens with zero attached hydrogens (tertiary/aromatic N) is 4. The van der Waals surface area contributed by atoms with E-state index in [0.29, 0.717) is 51.9 Å². The fraction of sp³-hybridized carbons (Fsp3) is 0.537. The van der Waals surface area contributed by atoms with Gasteiger partial charge in [-0.05, 0) is 118 Å². The van der Waals surface area contributed by atoms with Crippen LogP contribution in [0.2, 0.25) is 0 Å². The maximum absolute atomic E-state index is 14.1. The molecule has 0 aromatic carbocycles.